The minimum Gasteiger partial charge on any atom is -0.477 e. The summed E-state index contributed by atoms with van der Waals surface area (Å²) >= 11 is 1.03. The Morgan fingerprint density at radius 2 is 2.22 bits per heavy atom. The quantitative estimate of drug-likeness (QED) is 0.631. The number of sulfone groups is 1. The van der Waals surface area contributed by atoms with Crippen LogP contribution in [0.25, 0.3) is 6.08 Å². The Morgan fingerprint density at radius 1 is 1.48 bits per heavy atom. The van der Waals surface area contributed by atoms with Gasteiger partial charge in [-0.25, -0.2) is 13.2 Å². The van der Waals surface area contributed by atoms with Crippen molar-refractivity contribution in [2.75, 3.05) is 12.0 Å². The number of β-lactam (4-membered cyclic amide) rings is 1. The van der Waals surface area contributed by atoms with E-state index in [1.807, 2.05) is 0 Å². The van der Waals surface area contributed by atoms with E-state index in [9.17, 15) is 23.1 Å². The molecule has 7 nitrogen and oxygen atoms in total. The van der Waals surface area contributed by atoms with Crippen molar-refractivity contribution in [3.63, 3.8) is 0 Å². The van der Waals surface area contributed by atoms with Gasteiger partial charge >= 0.3 is 5.97 Å². The number of rotatable bonds is 3. The number of hydrogen-bond acceptors (Lipinski definition) is 6. The fourth-order valence-electron chi connectivity index (χ4n) is 2.59. The molecule has 0 saturated carbocycles. The maximum atomic E-state index is 12.4. The zero-order valence-electron chi connectivity index (χ0n) is 12.0. The van der Waals surface area contributed by atoms with Crippen LogP contribution in [0.3, 0.4) is 0 Å². The summed E-state index contributed by atoms with van der Waals surface area (Å²) in [6.07, 6.45) is 4.50. The zero-order chi connectivity index (χ0) is 16.8. The average molecular weight is 352 g/mol. The van der Waals surface area contributed by atoms with E-state index < -0.39 is 27.1 Å². The van der Waals surface area contributed by atoms with Gasteiger partial charge < -0.3 is 5.11 Å². The van der Waals surface area contributed by atoms with E-state index in [1.165, 1.54) is 12.3 Å². The third kappa shape index (κ3) is 2.45. The molecule has 0 bridgehead atoms. The van der Waals surface area contributed by atoms with Gasteiger partial charge in [0.25, 0.3) is 5.91 Å². The minimum absolute atomic E-state index is 0.0441. The van der Waals surface area contributed by atoms with E-state index in [0.29, 0.717) is 5.69 Å². The number of pyridine rings is 1. The lowest BCUT2D eigenvalue weighted by atomic mass is 10.0. The van der Waals surface area contributed by atoms with Gasteiger partial charge in [0, 0.05) is 11.1 Å². The number of hydrogen-bond donors (Lipinski definition) is 1. The number of carboxylic acids is 1. The van der Waals surface area contributed by atoms with Gasteiger partial charge in [0.05, 0.1) is 17.0 Å². The average Bonchev–Trinajstić information content (AvgIpc) is 2.51. The summed E-state index contributed by atoms with van der Waals surface area (Å²) < 4.78 is 24.9. The van der Waals surface area contributed by atoms with E-state index in [4.69, 9.17) is 0 Å². The highest BCUT2D eigenvalue weighted by Gasteiger charge is 2.56. The molecule has 1 amide bonds. The lowest BCUT2D eigenvalue weighted by Crippen LogP contribution is -2.62. The summed E-state index contributed by atoms with van der Waals surface area (Å²) in [5.41, 5.74) is 0.241. The maximum absolute atomic E-state index is 12.4. The first-order valence-electron chi connectivity index (χ1n) is 6.55. The Kier molecular flexibility index (Phi) is 3.77. The number of thioether (sulfide) groups is 1. The van der Waals surface area contributed by atoms with Crippen molar-refractivity contribution in [3.05, 3.63) is 46.3 Å². The molecule has 23 heavy (non-hydrogen) atoms. The van der Waals surface area contributed by atoms with Crippen molar-refractivity contribution >= 4 is 39.6 Å². The van der Waals surface area contributed by atoms with E-state index >= 15 is 0 Å². The van der Waals surface area contributed by atoms with E-state index in [1.54, 1.807) is 24.5 Å². The van der Waals surface area contributed by atoms with E-state index in [0.717, 1.165) is 16.7 Å². The Labute approximate surface area is 136 Å². The van der Waals surface area contributed by atoms with Crippen molar-refractivity contribution in [3.8, 4) is 0 Å². The van der Waals surface area contributed by atoms with Crippen molar-refractivity contribution in [1.29, 1.82) is 0 Å². The lowest BCUT2D eigenvalue weighted by Gasteiger charge is -2.45. The molecule has 2 aliphatic heterocycles. The molecule has 0 unspecified atom stereocenters. The third-order valence-corrected chi connectivity index (χ3v) is 6.43. The van der Waals surface area contributed by atoms with Crippen LogP contribution in [0, 0.1) is 0 Å². The van der Waals surface area contributed by atoms with Crippen molar-refractivity contribution in [2.24, 2.45) is 0 Å². The highest BCUT2D eigenvalue weighted by atomic mass is 32.2. The SMILES string of the molecule is CSC1=C(C(=O)O)N2C(=O)/C(=C\c3ccccn3)[C@H]2S(=O)(=O)C1. The largest absolute Gasteiger partial charge is 0.477 e. The fraction of sp³-hybridized carbons (Fsp3) is 0.214. The molecule has 1 N–H and O–H groups in total. The number of carbonyl (C=O) groups is 2. The van der Waals surface area contributed by atoms with Gasteiger partial charge in [0.1, 0.15) is 5.70 Å². The van der Waals surface area contributed by atoms with Crippen molar-refractivity contribution in [1.82, 2.24) is 9.88 Å². The number of nitrogens with zero attached hydrogens (tertiary/aromatic N) is 2. The van der Waals surface area contributed by atoms with E-state index in [-0.39, 0.29) is 21.9 Å². The second kappa shape index (κ2) is 5.50. The predicted octanol–water partition coefficient (Wildman–Crippen LogP) is 0.721. The second-order valence-corrected chi connectivity index (χ2v) is 7.93. The van der Waals surface area contributed by atoms with Crippen LogP contribution in [0.2, 0.25) is 0 Å². The fourth-order valence-corrected chi connectivity index (χ4v) is 5.67. The normalized spacial score (nSPS) is 24.4. The third-order valence-electron chi connectivity index (χ3n) is 3.58. The van der Waals surface area contributed by atoms with Crippen LogP contribution in [0.5, 0.6) is 0 Å². The number of fused-ring (bicyclic) bond motifs is 1. The summed E-state index contributed by atoms with van der Waals surface area (Å²) in [6, 6.07) is 5.05. The van der Waals surface area contributed by atoms with Gasteiger partial charge in [-0.05, 0) is 24.5 Å². The number of aromatic nitrogens is 1. The Balaban J connectivity index is 2.10. The van der Waals surface area contributed by atoms with Crippen LogP contribution >= 0.6 is 11.8 Å². The molecule has 3 rings (SSSR count). The van der Waals surface area contributed by atoms with Crippen LogP contribution in [-0.2, 0) is 19.4 Å². The molecule has 0 aliphatic carbocycles. The molecule has 1 fully saturated rings. The molecule has 0 aromatic carbocycles. The summed E-state index contributed by atoms with van der Waals surface area (Å²) in [6.45, 7) is 0. The standard InChI is InChI=1S/C14H12N2O5S2/c1-22-10-7-23(20,21)13-9(6-8-4-2-3-5-15-8)12(17)16(13)11(10)14(18)19/h2-6,13H,7H2,1H3,(H,18,19)/b9-6+/t13-/m1/s1. The summed E-state index contributed by atoms with van der Waals surface area (Å²) in [4.78, 5) is 28.8. The van der Waals surface area contributed by atoms with Gasteiger partial charge in [-0.3, -0.25) is 14.7 Å². The van der Waals surface area contributed by atoms with Gasteiger partial charge in [-0.1, -0.05) is 6.07 Å². The lowest BCUT2D eigenvalue weighted by molar-refractivity contribution is -0.141. The predicted molar refractivity (Wildman–Crippen MR) is 84.8 cm³/mol. The molecule has 9 heteroatoms. The van der Waals surface area contributed by atoms with Gasteiger partial charge in [0.2, 0.25) is 0 Å². The molecule has 1 aromatic heterocycles. The Hall–Kier alpha value is -2.13. The molecular weight excluding hydrogens is 340 g/mol. The highest BCUT2D eigenvalue weighted by molar-refractivity contribution is 8.04. The molecule has 3 heterocycles. The Bertz CT molecular complexity index is 858. The number of carbonyl (C=O) groups excluding carboxylic acids is 1. The smallest absolute Gasteiger partial charge is 0.353 e. The maximum Gasteiger partial charge on any atom is 0.353 e. The van der Waals surface area contributed by atoms with Crippen LogP contribution in [0.15, 0.2) is 40.6 Å². The molecular formula is C14H12N2O5S2. The molecule has 2 aliphatic rings. The van der Waals surface area contributed by atoms with Gasteiger partial charge in [-0.2, -0.15) is 0 Å². The van der Waals surface area contributed by atoms with Crippen LogP contribution < -0.4 is 0 Å². The molecule has 0 spiro atoms. The van der Waals surface area contributed by atoms with E-state index in [2.05, 4.69) is 4.98 Å². The Morgan fingerprint density at radius 3 is 2.78 bits per heavy atom. The molecule has 1 saturated heterocycles. The van der Waals surface area contributed by atoms with Crippen molar-refractivity contribution < 1.29 is 23.1 Å². The van der Waals surface area contributed by atoms with Crippen LogP contribution in [-0.4, -0.2) is 52.7 Å². The second-order valence-electron chi connectivity index (χ2n) is 4.97. The summed E-state index contributed by atoms with van der Waals surface area (Å²) in [7, 11) is -3.69. The first-order valence-corrected chi connectivity index (χ1v) is 9.49. The molecule has 0 radical (unpaired) electrons. The molecule has 120 valence electrons. The van der Waals surface area contributed by atoms with Crippen LogP contribution in [0.4, 0.5) is 0 Å². The first kappa shape index (κ1) is 15.8. The topological polar surface area (TPSA) is 105 Å². The molecule has 1 atom stereocenters. The number of carboxylic acid groups (broad SMARTS) is 1. The minimum atomic E-state index is -3.69. The van der Waals surface area contributed by atoms with Crippen LogP contribution in [0.1, 0.15) is 5.69 Å². The van der Waals surface area contributed by atoms with Gasteiger partial charge in [-0.15, -0.1) is 11.8 Å². The molecule has 1 aromatic rings. The number of aliphatic carboxylic acids is 1. The first-order chi connectivity index (χ1) is 10.9. The van der Waals surface area contributed by atoms with Gasteiger partial charge in [0.15, 0.2) is 15.2 Å². The highest BCUT2D eigenvalue weighted by Crippen LogP contribution is 2.42. The zero-order valence-corrected chi connectivity index (χ0v) is 13.6. The van der Waals surface area contributed by atoms with Crippen molar-refractivity contribution in [2.45, 2.75) is 5.37 Å². The summed E-state index contributed by atoms with van der Waals surface area (Å²) in [5.74, 6) is -2.31. The monoisotopic (exact) mass is 352 g/mol. The number of amides is 1. The summed E-state index contributed by atoms with van der Waals surface area (Å²) in [5, 5.41) is 8.08.